The van der Waals surface area contributed by atoms with Crippen molar-refractivity contribution >= 4 is 17.6 Å². The van der Waals surface area contributed by atoms with Crippen LogP contribution in [-0.2, 0) is 5.75 Å². The van der Waals surface area contributed by atoms with E-state index < -0.39 is 0 Å². The van der Waals surface area contributed by atoms with E-state index in [2.05, 4.69) is 46.5 Å². The Balaban J connectivity index is 2.01. The lowest BCUT2D eigenvalue weighted by Gasteiger charge is -2.07. The molecular weight excluding hydrogens is 254 g/mol. The molecule has 0 aliphatic heterocycles. The van der Waals surface area contributed by atoms with Crippen LogP contribution in [0.3, 0.4) is 0 Å². The fraction of sp³-hybridized carbons (Fsp3) is 0.333. The lowest BCUT2D eigenvalue weighted by molar-refractivity contribution is 0.928. The highest BCUT2D eigenvalue weighted by atomic mass is 32.2. The third kappa shape index (κ3) is 4.56. The molecule has 0 saturated heterocycles. The Bertz CT molecular complexity index is 514. The van der Waals surface area contributed by atoms with Gasteiger partial charge in [-0.05, 0) is 18.9 Å². The third-order valence-corrected chi connectivity index (χ3v) is 3.58. The van der Waals surface area contributed by atoms with Crippen molar-refractivity contribution in [1.29, 1.82) is 0 Å². The Morgan fingerprint density at radius 3 is 2.68 bits per heavy atom. The molecule has 1 aromatic carbocycles. The van der Waals surface area contributed by atoms with Gasteiger partial charge in [0.05, 0.1) is 0 Å². The first-order chi connectivity index (χ1) is 9.28. The molecule has 0 amide bonds. The van der Waals surface area contributed by atoms with E-state index >= 15 is 0 Å². The first-order valence-electron chi connectivity index (χ1n) is 6.54. The zero-order valence-corrected chi connectivity index (χ0v) is 12.2. The highest BCUT2D eigenvalue weighted by Gasteiger charge is 2.02. The molecule has 1 heterocycles. The van der Waals surface area contributed by atoms with E-state index in [1.54, 1.807) is 11.8 Å². The van der Waals surface area contributed by atoms with Gasteiger partial charge in [0.1, 0.15) is 16.7 Å². The number of nitrogens with zero attached hydrogens (tertiary/aromatic N) is 2. The summed E-state index contributed by atoms with van der Waals surface area (Å²) in [5, 5.41) is 4.33. The van der Waals surface area contributed by atoms with E-state index in [0.29, 0.717) is 0 Å². The lowest BCUT2D eigenvalue weighted by atomic mass is 10.2. The maximum absolute atomic E-state index is 4.47. The van der Waals surface area contributed by atoms with Crippen LogP contribution in [0.5, 0.6) is 0 Å². The molecule has 0 atom stereocenters. The minimum absolute atomic E-state index is 0.816. The number of anilines is 1. The van der Waals surface area contributed by atoms with Crippen LogP contribution in [0.1, 0.15) is 24.7 Å². The Labute approximate surface area is 118 Å². The average molecular weight is 273 g/mol. The molecular formula is C15H19N3S. The molecule has 3 nitrogen and oxygen atoms in total. The summed E-state index contributed by atoms with van der Waals surface area (Å²) >= 11 is 1.74. The summed E-state index contributed by atoms with van der Waals surface area (Å²) < 4.78 is 0. The number of nitrogens with one attached hydrogen (secondary N) is 1. The normalized spacial score (nSPS) is 10.4. The third-order valence-electron chi connectivity index (χ3n) is 2.60. The quantitative estimate of drug-likeness (QED) is 0.640. The Morgan fingerprint density at radius 1 is 1.16 bits per heavy atom. The molecule has 0 saturated carbocycles. The second-order valence-electron chi connectivity index (χ2n) is 4.34. The summed E-state index contributed by atoms with van der Waals surface area (Å²) in [7, 11) is 0. The molecule has 4 heteroatoms. The van der Waals surface area contributed by atoms with Crippen LogP contribution in [0.4, 0.5) is 5.82 Å². The van der Waals surface area contributed by atoms with E-state index in [4.69, 9.17) is 0 Å². The van der Waals surface area contributed by atoms with Crippen molar-refractivity contribution in [2.45, 2.75) is 31.0 Å². The predicted molar refractivity (Wildman–Crippen MR) is 81.6 cm³/mol. The molecule has 0 fully saturated rings. The van der Waals surface area contributed by atoms with Crippen LogP contribution < -0.4 is 5.32 Å². The van der Waals surface area contributed by atoms with Gasteiger partial charge in [-0.3, -0.25) is 0 Å². The smallest absolute Gasteiger partial charge is 0.130 e. The van der Waals surface area contributed by atoms with Crippen molar-refractivity contribution < 1.29 is 0 Å². The number of rotatable bonds is 6. The number of aromatic nitrogens is 2. The maximum atomic E-state index is 4.47. The number of aryl methyl sites for hydroxylation is 1. The molecule has 0 bridgehead atoms. The molecule has 0 unspecified atom stereocenters. The minimum atomic E-state index is 0.816. The van der Waals surface area contributed by atoms with Gasteiger partial charge in [0.2, 0.25) is 0 Å². The fourth-order valence-corrected chi connectivity index (χ4v) is 2.59. The van der Waals surface area contributed by atoms with Gasteiger partial charge in [-0.1, -0.05) is 37.3 Å². The Hall–Kier alpha value is -1.55. The van der Waals surface area contributed by atoms with Crippen LogP contribution in [0.15, 0.2) is 41.4 Å². The summed E-state index contributed by atoms with van der Waals surface area (Å²) in [4.78, 5) is 8.86. The molecule has 2 rings (SSSR count). The second-order valence-corrected chi connectivity index (χ2v) is 5.34. The monoisotopic (exact) mass is 273 g/mol. The van der Waals surface area contributed by atoms with E-state index in [0.717, 1.165) is 35.4 Å². The van der Waals surface area contributed by atoms with Crippen LogP contribution >= 0.6 is 11.8 Å². The Kier molecular flexibility index (Phi) is 5.21. The molecule has 19 heavy (non-hydrogen) atoms. The number of hydrogen-bond acceptors (Lipinski definition) is 4. The zero-order valence-electron chi connectivity index (χ0n) is 11.4. The van der Waals surface area contributed by atoms with E-state index in [-0.39, 0.29) is 0 Å². The number of benzene rings is 1. The zero-order chi connectivity index (χ0) is 13.5. The van der Waals surface area contributed by atoms with Gasteiger partial charge in [0, 0.05) is 18.4 Å². The van der Waals surface area contributed by atoms with E-state index in [9.17, 15) is 0 Å². The molecule has 0 spiro atoms. The van der Waals surface area contributed by atoms with Gasteiger partial charge in [0.25, 0.3) is 0 Å². The first kappa shape index (κ1) is 13.9. The molecule has 100 valence electrons. The van der Waals surface area contributed by atoms with Crippen molar-refractivity contribution in [3.63, 3.8) is 0 Å². The fourth-order valence-electron chi connectivity index (χ4n) is 1.69. The summed E-state index contributed by atoms with van der Waals surface area (Å²) in [5.41, 5.74) is 1.31. The van der Waals surface area contributed by atoms with Gasteiger partial charge in [-0.25, -0.2) is 9.97 Å². The average Bonchev–Trinajstić information content (AvgIpc) is 2.43. The maximum Gasteiger partial charge on any atom is 0.130 e. The highest BCUT2D eigenvalue weighted by Crippen LogP contribution is 2.22. The summed E-state index contributed by atoms with van der Waals surface area (Å²) in [5.74, 6) is 2.67. The predicted octanol–water partition coefficient (Wildman–Crippen LogP) is 3.90. The summed E-state index contributed by atoms with van der Waals surface area (Å²) in [6.45, 7) is 5.02. The van der Waals surface area contributed by atoms with Crippen molar-refractivity contribution in [2.75, 3.05) is 11.9 Å². The minimum Gasteiger partial charge on any atom is -0.370 e. The second kappa shape index (κ2) is 7.14. The van der Waals surface area contributed by atoms with Crippen molar-refractivity contribution in [3.05, 3.63) is 47.8 Å². The van der Waals surface area contributed by atoms with E-state index in [1.807, 2.05) is 19.1 Å². The molecule has 0 aliphatic rings. The van der Waals surface area contributed by atoms with Gasteiger partial charge >= 0.3 is 0 Å². The van der Waals surface area contributed by atoms with Crippen molar-refractivity contribution in [2.24, 2.45) is 0 Å². The van der Waals surface area contributed by atoms with Crippen LogP contribution in [0.25, 0.3) is 0 Å². The SMILES string of the molecule is CCCNc1cc(SCc2ccccc2)nc(C)n1. The van der Waals surface area contributed by atoms with Crippen LogP contribution in [0, 0.1) is 6.92 Å². The van der Waals surface area contributed by atoms with Gasteiger partial charge in [0.15, 0.2) is 0 Å². The van der Waals surface area contributed by atoms with Gasteiger partial charge < -0.3 is 5.32 Å². The van der Waals surface area contributed by atoms with Crippen LogP contribution in [0.2, 0.25) is 0 Å². The van der Waals surface area contributed by atoms with Crippen molar-refractivity contribution in [3.8, 4) is 0 Å². The standard InChI is InChI=1S/C15H19N3S/c1-3-9-16-14-10-15(18-12(2)17-14)19-11-13-7-5-4-6-8-13/h4-8,10H,3,9,11H2,1-2H3,(H,16,17,18). The van der Waals surface area contributed by atoms with E-state index in [1.165, 1.54) is 5.56 Å². The summed E-state index contributed by atoms with van der Waals surface area (Å²) in [6.07, 6.45) is 1.09. The topological polar surface area (TPSA) is 37.8 Å². The molecule has 0 radical (unpaired) electrons. The van der Waals surface area contributed by atoms with Gasteiger partial charge in [-0.15, -0.1) is 11.8 Å². The first-order valence-corrected chi connectivity index (χ1v) is 7.53. The molecule has 1 aromatic heterocycles. The highest BCUT2D eigenvalue weighted by molar-refractivity contribution is 7.98. The number of hydrogen-bond donors (Lipinski definition) is 1. The summed E-state index contributed by atoms with van der Waals surface area (Å²) in [6, 6.07) is 12.5. The molecule has 1 N–H and O–H groups in total. The van der Waals surface area contributed by atoms with Gasteiger partial charge in [-0.2, -0.15) is 0 Å². The lowest BCUT2D eigenvalue weighted by Crippen LogP contribution is -2.04. The largest absolute Gasteiger partial charge is 0.370 e. The molecule has 2 aromatic rings. The number of thioether (sulfide) groups is 1. The molecule has 0 aliphatic carbocycles. The Morgan fingerprint density at radius 2 is 1.95 bits per heavy atom. The van der Waals surface area contributed by atoms with Crippen LogP contribution in [-0.4, -0.2) is 16.5 Å². The van der Waals surface area contributed by atoms with Crippen molar-refractivity contribution in [1.82, 2.24) is 9.97 Å².